The second-order valence-corrected chi connectivity index (χ2v) is 5.06. The second-order valence-electron chi connectivity index (χ2n) is 5.06. The van der Waals surface area contributed by atoms with Gasteiger partial charge in [0.1, 0.15) is 5.75 Å². The molecule has 2 aromatic rings. The molecule has 5 heteroatoms. The minimum absolute atomic E-state index is 0.126. The van der Waals surface area contributed by atoms with E-state index < -0.39 is 11.7 Å². The maximum Gasteiger partial charge on any atom is 0.416 e. The summed E-state index contributed by atoms with van der Waals surface area (Å²) in [5, 5.41) is 0. The molecule has 0 saturated carbocycles. The topological polar surface area (TPSA) is 22.1 Å². The van der Waals surface area contributed by atoms with Gasteiger partial charge < -0.3 is 4.74 Å². The summed E-state index contributed by atoms with van der Waals surface area (Å²) in [7, 11) is 0. The van der Waals surface area contributed by atoms with Gasteiger partial charge in [0.2, 0.25) is 0 Å². The Bertz CT molecular complexity index is 619. The van der Waals surface area contributed by atoms with Gasteiger partial charge in [-0.25, -0.2) is 0 Å². The van der Waals surface area contributed by atoms with Gasteiger partial charge in [0.15, 0.2) is 0 Å². The van der Waals surface area contributed by atoms with Gasteiger partial charge in [-0.1, -0.05) is 19.9 Å². The third-order valence-corrected chi connectivity index (χ3v) is 2.89. The lowest BCUT2D eigenvalue weighted by molar-refractivity contribution is -0.137. The molecule has 0 fully saturated rings. The maximum absolute atomic E-state index is 12.9. The van der Waals surface area contributed by atoms with Crippen molar-refractivity contribution in [3.8, 4) is 16.9 Å². The van der Waals surface area contributed by atoms with Crippen molar-refractivity contribution >= 4 is 0 Å². The SMILES string of the molecule is CC.Cc1ccc(-c2cc(C(F)(F)F)ccc2OC(C)C)cn1. The number of nitrogens with zero attached hydrogens (tertiary/aromatic N) is 1. The molecule has 23 heavy (non-hydrogen) atoms. The molecule has 2 nitrogen and oxygen atoms in total. The molecule has 126 valence electrons. The van der Waals surface area contributed by atoms with Gasteiger partial charge in [-0.05, 0) is 45.0 Å². The number of ether oxygens (including phenoxy) is 1. The number of aromatic nitrogens is 1. The van der Waals surface area contributed by atoms with Gasteiger partial charge in [0.05, 0.1) is 11.7 Å². The summed E-state index contributed by atoms with van der Waals surface area (Å²) in [6, 6.07) is 6.99. The Kier molecular flexibility index (Phi) is 6.61. The Hall–Kier alpha value is -2.04. The fourth-order valence-electron chi connectivity index (χ4n) is 1.92. The van der Waals surface area contributed by atoms with Crippen LogP contribution in [-0.4, -0.2) is 11.1 Å². The third-order valence-electron chi connectivity index (χ3n) is 2.89. The highest BCUT2D eigenvalue weighted by Gasteiger charge is 2.31. The van der Waals surface area contributed by atoms with Crippen molar-refractivity contribution in [3.63, 3.8) is 0 Å². The van der Waals surface area contributed by atoms with Crippen LogP contribution < -0.4 is 4.74 Å². The molecule has 0 atom stereocenters. The number of benzene rings is 1. The first-order valence-electron chi connectivity index (χ1n) is 7.58. The first-order valence-corrected chi connectivity index (χ1v) is 7.58. The number of aryl methyl sites for hydroxylation is 1. The highest BCUT2D eigenvalue weighted by Crippen LogP contribution is 2.37. The lowest BCUT2D eigenvalue weighted by Crippen LogP contribution is -2.09. The van der Waals surface area contributed by atoms with E-state index >= 15 is 0 Å². The van der Waals surface area contributed by atoms with Gasteiger partial charge in [-0.15, -0.1) is 0 Å². The zero-order chi connectivity index (χ0) is 17.6. The summed E-state index contributed by atoms with van der Waals surface area (Å²) in [5.74, 6) is 0.420. The minimum Gasteiger partial charge on any atom is -0.490 e. The van der Waals surface area contributed by atoms with Crippen LogP contribution in [0.3, 0.4) is 0 Å². The monoisotopic (exact) mass is 325 g/mol. The van der Waals surface area contributed by atoms with Crippen molar-refractivity contribution in [3.05, 3.63) is 47.8 Å². The Morgan fingerprint density at radius 2 is 1.70 bits per heavy atom. The average molecular weight is 325 g/mol. The van der Waals surface area contributed by atoms with Gasteiger partial charge >= 0.3 is 6.18 Å². The Morgan fingerprint density at radius 1 is 1.04 bits per heavy atom. The van der Waals surface area contributed by atoms with Crippen LogP contribution in [0, 0.1) is 6.92 Å². The molecular formula is C18H22F3NO. The van der Waals surface area contributed by atoms with Gasteiger partial charge in [-0.2, -0.15) is 13.2 Å². The molecule has 0 bridgehead atoms. The lowest BCUT2D eigenvalue weighted by Gasteiger charge is -2.16. The molecule has 0 aliphatic heterocycles. The summed E-state index contributed by atoms with van der Waals surface area (Å²) in [4.78, 5) is 4.13. The quantitative estimate of drug-likeness (QED) is 0.702. The Labute approximate surface area is 135 Å². The summed E-state index contributed by atoms with van der Waals surface area (Å²) < 4.78 is 44.3. The number of pyridine rings is 1. The maximum atomic E-state index is 12.9. The van der Waals surface area contributed by atoms with Gasteiger partial charge in [0.25, 0.3) is 0 Å². The zero-order valence-electron chi connectivity index (χ0n) is 14.0. The van der Waals surface area contributed by atoms with Crippen molar-refractivity contribution in [2.24, 2.45) is 0 Å². The third kappa shape index (κ3) is 5.27. The van der Waals surface area contributed by atoms with Crippen molar-refractivity contribution in [2.45, 2.75) is 46.9 Å². The van der Waals surface area contributed by atoms with Crippen molar-refractivity contribution in [1.82, 2.24) is 4.98 Å². The van der Waals surface area contributed by atoms with Gasteiger partial charge in [0, 0.05) is 23.0 Å². The lowest BCUT2D eigenvalue weighted by atomic mass is 10.0. The summed E-state index contributed by atoms with van der Waals surface area (Å²) in [6.07, 6.45) is -2.96. The van der Waals surface area contributed by atoms with E-state index in [0.717, 1.165) is 17.8 Å². The highest BCUT2D eigenvalue weighted by molar-refractivity contribution is 5.70. The first-order chi connectivity index (χ1) is 10.8. The number of halogens is 3. The van der Waals surface area contributed by atoms with E-state index in [1.807, 2.05) is 34.6 Å². The van der Waals surface area contributed by atoms with Crippen LogP contribution in [0.15, 0.2) is 36.5 Å². The number of hydrogen-bond acceptors (Lipinski definition) is 2. The van der Waals surface area contributed by atoms with Crippen LogP contribution in [0.25, 0.3) is 11.1 Å². The Morgan fingerprint density at radius 3 is 2.17 bits per heavy atom. The van der Waals surface area contributed by atoms with E-state index in [9.17, 15) is 13.2 Å². The van der Waals surface area contributed by atoms with E-state index in [2.05, 4.69) is 4.98 Å². The predicted octanol–water partition coefficient (Wildman–Crippen LogP) is 5.89. The molecule has 0 radical (unpaired) electrons. The molecule has 0 unspecified atom stereocenters. The second kappa shape index (κ2) is 7.99. The molecule has 1 aromatic heterocycles. The molecule has 0 saturated heterocycles. The van der Waals surface area contributed by atoms with E-state index in [1.54, 1.807) is 18.3 Å². The van der Waals surface area contributed by atoms with Crippen LogP contribution in [0.2, 0.25) is 0 Å². The number of rotatable bonds is 3. The molecule has 1 heterocycles. The number of alkyl halides is 3. The first kappa shape index (κ1) is 19.0. The molecule has 0 aliphatic rings. The van der Waals surface area contributed by atoms with Crippen LogP contribution in [0.1, 0.15) is 39.0 Å². The molecule has 0 spiro atoms. The van der Waals surface area contributed by atoms with Crippen LogP contribution >= 0.6 is 0 Å². The largest absolute Gasteiger partial charge is 0.490 e. The van der Waals surface area contributed by atoms with Crippen LogP contribution in [-0.2, 0) is 6.18 Å². The standard InChI is InChI=1S/C16H16F3NO.C2H6/c1-10(2)21-15-7-6-13(16(17,18)19)8-14(15)12-5-4-11(3)20-9-12;1-2/h4-10H,1-3H3;1-2H3. The minimum atomic E-state index is -4.39. The predicted molar refractivity (Wildman–Crippen MR) is 86.5 cm³/mol. The normalized spacial score (nSPS) is 11.0. The molecule has 0 aliphatic carbocycles. The number of hydrogen-bond donors (Lipinski definition) is 0. The summed E-state index contributed by atoms with van der Waals surface area (Å²) >= 11 is 0. The van der Waals surface area contributed by atoms with Crippen molar-refractivity contribution < 1.29 is 17.9 Å². The fraction of sp³-hybridized carbons (Fsp3) is 0.389. The van der Waals surface area contributed by atoms with E-state index in [0.29, 0.717) is 16.9 Å². The van der Waals surface area contributed by atoms with Crippen molar-refractivity contribution in [1.29, 1.82) is 0 Å². The molecule has 0 amide bonds. The van der Waals surface area contributed by atoms with E-state index in [4.69, 9.17) is 4.74 Å². The van der Waals surface area contributed by atoms with Crippen LogP contribution in [0.4, 0.5) is 13.2 Å². The summed E-state index contributed by atoms with van der Waals surface area (Å²) in [6.45, 7) is 9.48. The molecule has 0 N–H and O–H groups in total. The fourth-order valence-corrected chi connectivity index (χ4v) is 1.92. The van der Waals surface area contributed by atoms with E-state index in [1.165, 1.54) is 6.07 Å². The van der Waals surface area contributed by atoms with Crippen molar-refractivity contribution in [2.75, 3.05) is 0 Å². The smallest absolute Gasteiger partial charge is 0.416 e. The summed E-state index contributed by atoms with van der Waals surface area (Å²) in [5.41, 5.74) is 1.10. The molecule has 2 rings (SSSR count). The Balaban J connectivity index is 0.00000127. The highest BCUT2D eigenvalue weighted by atomic mass is 19.4. The zero-order valence-corrected chi connectivity index (χ0v) is 14.0. The molecule has 1 aromatic carbocycles. The van der Waals surface area contributed by atoms with Crippen LogP contribution in [0.5, 0.6) is 5.75 Å². The van der Waals surface area contributed by atoms with Gasteiger partial charge in [-0.3, -0.25) is 4.98 Å². The average Bonchev–Trinajstić information content (AvgIpc) is 2.49. The molecular weight excluding hydrogens is 303 g/mol. The van der Waals surface area contributed by atoms with E-state index in [-0.39, 0.29) is 6.10 Å².